The van der Waals surface area contributed by atoms with Gasteiger partial charge in [-0.3, -0.25) is 4.79 Å². The first-order chi connectivity index (χ1) is 7.25. The Kier molecular flexibility index (Phi) is 3.70. The molecule has 1 aliphatic heterocycles. The summed E-state index contributed by atoms with van der Waals surface area (Å²) < 4.78 is 0. The highest BCUT2D eigenvalue weighted by Crippen LogP contribution is 2.35. The smallest absolute Gasteiger partial charge is 0.248 e. The van der Waals surface area contributed by atoms with E-state index in [-0.39, 0.29) is 24.8 Å². The van der Waals surface area contributed by atoms with Gasteiger partial charge in [0.2, 0.25) is 5.91 Å². The van der Waals surface area contributed by atoms with Crippen LogP contribution in [0.1, 0.15) is 10.4 Å². The molecule has 0 atom stereocenters. The molecule has 2 aromatic carbocycles. The summed E-state index contributed by atoms with van der Waals surface area (Å²) in [5.41, 5.74) is 13.8. The van der Waals surface area contributed by atoms with Gasteiger partial charge < -0.3 is 16.6 Å². The summed E-state index contributed by atoms with van der Waals surface area (Å²) in [6.07, 6.45) is 0. The van der Waals surface area contributed by atoms with Crippen LogP contribution < -0.4 is 16.6 Å². The second-order valence-electron chi connectivity index (χ2n) is 3.54. The van der Waals surface area contributed by atoms with Crippen LogP contribution >= 0.6 is 24.8 Å². The molecule has 0 aromatic heterocycles. The summed E-state index contributed by atoms with van der Waals surface area (Å²) in [7, 11) is 0. The Morgan fingerprint density at radius 1 is 1.06 bits per heavy atom. The number of halogens is 2. The van der Waals surface area contributed by atoms with Crippen molar-refractivity contribution in [3.05, 3.63) is 35.9 Å². The van der Waals surface area contributed by atoms with E-state index in [1.807, 2.05) is 18.2 Å². The van der Waals surface area contributed by atoms with Crippen molar-refractivity contribution in [1.29, 1.82) is 0 Å². The van der Waals surface area contributed by atoms with Crippen molar-refractivity contribution in [2.45, 2.75) is 0 Å². The van der Waals surface area contributed by atoms with Crippen molar-refractivity contribution < 1.29 is 4.79 Å². The molecule has 0 aliphatic carbocycles. The van der Waals surface area contributed by atoms with E-state index < -0.39 is 5.91 Å². The van der Waals surface area contributed by atoms with Crippen molar-refractivity contribution in [3.63, 3.8) is 0 Å². The molecule has 90 valence electrons. The standard InChI is InChI=1S/C11H9N3O.2ClH/c12-11(15)7-4-6-2-1-3-8-10(6)9(5-7)14-13-8;;/h1-5,13-14H,(H2,12,15);2*1H. The average Bonchev–Trinajstić information content (AvgIpc) is 2.64. The minimum Gasteiger partial charge on any atom is -0.366 e. The third-order valence-corrected chi connectivity index (χ3v) is 2.59. The first-order valence-electron chi connectivity index (χ1n) is 4.64. The molecule has 0 saturated carbocycles. The highest BCUT2D eigenvalue weighted by molar-refractivity contribution is 6.10. The van der Waals surface area contributed by atoms with Gasteiger partial charge in [0.15, 0.2) is 0 Å². The van der Waals surface area contributed by atoms with Crippen LogP contribution in [0.2, 0.25) is 0 Å². The molecule has 3 rings (SSSR count). The lowest BCUT2D eigenvalue weighted by atomic mass is 10.0. The number of hydrogen-bond acceptors (Lipinski definition) is 3. The first kappa shape index (κ1) is 13.4. The largest absolute Gasteiger partial charge is 0.366 e. The van der Waals surface area contributed by atoms with Gasteiger partial charge in [-0.1, -0.05) is 12.1 Å². The van der Waals surface area contributed by atoms with Gasteiger partial charge in [0, 0.05) is 10.9 Å². The minimum atomic E-state index is -0.410. The van der Waals surface area contributed by atoms with Crippen molar-refractivity contribution in [3.8, 4) is 0 Å². The van der Waals surface area contributed by atoms with Crippen LogP contribution in [-0.4, -0.2) is 5.91 Å². The van der Waals surface area contributed by atoms with E-state index in [1.54, 1.807) is 12.1 Å². The molecule has 1 amide bonds. The van der Waals surface area contributed by atoms with E-state index in [0.717, 1.165) is 22.1 Å². The van der Waals surface area contributed by atoms with Gasteiger partial charge in [-0.2, -0.15) is 0 Å². The van der Waals surface area contributed by atoms with Crippen LogP contribution in [0.25, 0.3) is 10.8 Å². The summed E-state index contributed by atoms with van der Waals surface area (Å²) in [6, 6.07) is 9.44. The van der Waals surface area contributed by atoms with Crippen molar-refractivity contribution in [2.75, 3.05) is 10.9 Å². The quantitative estimate of drug-likeness (QED) is 0.747. The maximum absolute atomic E-state index is 11.1. The summed E-state index contributed by atoms with van der Waals surface area (Å²) in [4.78, 5) is 11.1. The predicted octanol–water partition coefficient (Wildman–Crippen LogP) is 2.53. The van der Waals surface area contributed by atoms with Crippen LogP contribution in [0.4, 0.5) is 11.4 Å². The summed E-state index contributed by atoms with van der Waals surface area (Å²) in [6.45, 7) is 0. The van der Waals surface area contributed by atoms with Crippen LogP contribution in [0.5, 0.6) is 0 Å². The zero-order valence-corrected chi connectivity index (χ0v) is 10.3. The molecule has 17 heavy (non-hydrogen) atoms. The predicted molar refractivity (Wildman–Crippen MR) is 74.2 cm³/mol. The molecule has 0 radical (unpaired) electrons. The van der Waals surface area contributed by atoms with E-state index in [1.165, 1.54) is 0 Å². The van der Waals surface area contributed by atoms with Gasteiger partial charge in [0.05, 0.1) is 11.4 Å². The molecule has 1 aliphatic rings. The van der Waals surface area contributed by atoms with Gasteiger partial charge in [-0.25, -0.2) is 0 Å². The molecule has 2 aromatic rings. The Hall–Kier alpha value is -1.65. The summed E-state index contributed by atoms with van der Waals surface area (Å²) in [5.74, 6) is -0.410. The van der Waals surface area contributed by atoms with Crippen LogP contribution in [-0.2, 0) is 0 Å². The molecule has 1 heterocycles. The first-order valence-corrected chi connectivity index (χ1v) is 4.64. The van der Waals surface area contributed by atoms with Crippen LogP contribution in [0.15, 0.2) is 30.3 Å². The lowest BCUT2D eigenvalue weighted by Crippen LogP contribution is -2.11. The van der Waals surface area contributed by atoms with Crippen molar-refractivity contribution in [1.82, 2.24) is 0 Å². The van der Waals surface area contributed by atoms with Gasteiger partial charge in [0.1, 0.15) is 0 Å². The van der Waals surface area contributed by atoms with Gasteiger partial charge in [0.25, 0.3) is 0 Å². The lowest BCUT2D eigenvalue weighted by Gasteiger charge is -2.02. The molecule has 0 spiro atoms. The number of benzene rings is 2. The number of hydrogen-bond donors (Lipinski definition) is 3. The van der Waals surface area contributed by atoms with Crippen LogP contribution in [0, 0.1) is 0 Å². The fraction of sp³-hybridized carbons (Fsp3) is 0. The molecular weight excluding hydrogens is 261 g/mol. The Labute approximate surface area is 110 Å². The Morgan fingerprint density at radius 3 is 2.47 bits per heavy atom. The van der Waals surface area contributed by atoms with E-state index in [9.17, 15) is 4.79 Å². The van der Waals surface area contributed by atoms with Gasteiger partial charge in [-0.05, 0) is 23.6 Å². The molecule has 0 saturated heterocycles. The second-order valence-corrected chi connectivity index (χ2v) is 3.54. The zero-order valence-electron chi connectivity index (χ0n) is 8.69. The number of carbonyl (C=O) groups excluding carboxylic acids is 1. The molecule has 0 bridgehead atoms. The molecule has 0 fully saturated rings. The number of carbonyl (C=O) groups is 1. The topological polar surface area (TPSA) is 67.2 Å². The fourth-order valence-electron chi connectivity index (χ4n) is 1.91. The number of primary amides is 1. The average molecular weight is 272 g/mol. The molecule has 6 heteroatoms. The second kappa shape index (κ2) is 4.69. The Morgan fingerprint density at radius 2 is 1.76 bits per heavy atom. The van der Waals surface area contributed by atoms with E-state index >= 15 is 0 Å². The van der Waals surface area contributed by atoms with Gasteiger partial charge in [-0.15, -0.1) is 24.8 Å². The third kappa shape index (κ3) is 1.97. The maximum atomic E-state index is 11.1. The number of amides is 1. The monoisotopic (exact) mass is 271 g/mol. The van der Waals surface area contributed by atoms with E-state index in [0.29, 0.717) is 5.56 Å². The summed E-state index contributed by atoms with van der Waals surface area (Å²) >= 11 is 0. The Balaban J connectivity index is 0.000000722. The van der Waals surface area contributed by atoms with Gasteiger partial charge >= 0.3 is 0 Å². The maximum Gasteiger partial charge on any atom is 0.248 e. The summed E-state index contributed by atoms with van der Waals surface area (Å²) in [5, 5.41) is 2.11. The molecule has 4 nitrogen and oxygen atoms in total. The Bertz CT molecular complexity index is 586. The third-order valence-electron chi connectivity index (χ3n) is 2.59. The van der Waals surface area contributed by atoms with Crippen LogP contribution in [0.3, 0.4) is 0 Å². The highest BCUT2D eigenvalue weighted by Gasteiger charge is 2.15. The lowest BCUT2D eigenvalue weighted by molar-refractivity contribution is 0.100. The molecule has 0 unspecified atom stereocenters. The highest BCUT2D eigenvalue weighted by atomic mass is 35.5. The van der Waals surface area contributed by atoms with E-state index in [2.05, 4.69) is 10.9 Å². The molecular formula is C11H11Cl2N3O. The minimum absolute atomic E-state index is 0. The van der Waals surface area contributed by atoms with Crippen molar-refractivity contribution >= 4 is 52.9 Å². The fourth-order valence-corrected chi connectivity index (χ4v) is 1.91. The number of nitrogens with one attached hydrogen (secondary N) is 2. The number of nitrogens with two attached hydrogens (primary N) is 1. The van der Waals surface area contributed by atoms with E-state index in [4.69, 9.17) is 5.73 Å². The number of rotatable bonds is 1. The number of hydrazine groups is 1. The zero-order chi connectivity index (χ0) is 10.4. The molecule has 4 N–H and O–H groups in total. The normalized spacial score (nSPS) is 10.8. The number of anilines is 2. The SMILES string of the molecule is Cl.Cl.NC(=O)c1cc2c3c(cccc3c1)NN2. The van der Waals surface area contributed by atoms with Crippen molar-refractivity contribution in [2.24, 2.45) is 5.73 Å².